The second-order valence-electron chi connectivity index (χ2n) is 8.34. The van der Waals surface area contributed by atoms with Crippen LogP contribution in [0.15, 0.2) is 71.6 Å². The van der Waals surface area contributed by atoms with Gasteiger partial charge in [-0.25, -0.2) is 0 Å². The molecule has 3 aromatic carbocycles. The molecule has 3 aromatic rings. The molecule has 0 aliphatic carbocycles. The molecule has 0 atom stereocenters. The van der Waals surface area contributed by atoms with E-state index in [1.165, 1.54) is 0 Å². The molecule has 0 bridgehead atoms. The Kier molecular flexibility index (Phi) is 8.53. The van der Waals surface area contributed by atoms with Crippen LogP contribution in [0.5, 0.6) is 11.5 Å². The van der Waals surface area contributed by atoms with Gasteiger partial charge in [0.25, 0.3) is 17.1 Å². The summed E-state index contributed by atoms with van der Waals surface area (Å²) in [5.74, 6) is 0.374. The fraction of sp³-hybridized carbons (Fsp3) is 0.179. The zero-order chi connectivity index (χ0) is 26.4. The van der Waals surface area contributed by atoms with E-state index >= 15 is 0 Å². The Balaban J connectivity index is 1.28. The summed E-state index contributed by atoms with van der Waals surface area (Å²) in [6.45, 7) is 4.05. The van der Waals surface area contributed by atoms with Crippen LogP contribution in [-0.2, 0) is 9.59 Å². The van der Waals surface area contributed by atoms with Gasteiger partial charge in [-0.05, 0) is 73.1 Å². The first-order valence-corrected chi connectivity index (χ1v) is 12.7. The molecule has 7 nitrogen and oxygen atoms in total. The van der Waals surface area contributed by atoms with Crippen molar-refractivity contribution in [3.05, 3.63) is 93.3 Å². The van der Waals surface area contributed by atoms with E-state index in [0.717, 1.165) is 39.0 Å². The number of nitrogens with zero attached hydrogens (tertiary/aromatic N) is 1. The van der Waals surface area contributed by atoms with Crippen molar-refractivity contribution in [3.63, 3.8) is 0 Å². The van der Waals surface area contributed by atoms with E-state index in [2.05, 4.69) is 5.32 Å². The molecule has 37 heavy (non-hydrogen) atoms. The molecule has 3 amide bonds. The predicted molar refractivity (Wildman–Crippen MR) is 146 cm³/mol. The van der Waals surface area contributed by atoms with E-state index in [0.29, 0.717) is 21.4 Å². The number of carbonyl (C=O) groups is 3. The first-order chi connectivity index (χ1) is 17.8. The molecule has 0 aromatic heterocycles. The highest BCUT2D eigenvalue weighted by Gasteiger charge is 2.34. The highest BCUT2D eigenvalue weighted by atomic mass is 35.5. The number of ether oxygens (including phenoxy) is 2. The van der Waals surface area contributed by atoms with Gasteiger partial charge in [-0.3, -0.25) is 19.3 Å². The molecule has 1 aliphatic heterocycles. The Bertz CT molecular complexity index is 1360. The molecular weight excluding hydrogens is 512 g/mol. The van der Waals surface area contributed by atoms with Gasteiger partial charge in [0, 0.05) is 5.69 Å². The van der Waals surface area contributed by atoms with Crippen LogP contribution in [0.2, 0.25) is 5.02 Å². The number of rotatable bonds is 9. The Hall–Kier alpha value is -3.75. The Labute approximate surface area is 224 Å². The maximum Gasteiger partial charge on any atom is 0.293 e. The minimum Gasteiger partial charge on any atom is -0.490 e. The van der Waals surface area contributed by atoms with Crippen LogP contribution >= 0.6 is 23.4 Å². The molecule has 0 saturated carbocycles. The van der Waals surface area contributed by atoms with E-state index < -0.39 is 0 Å². The van der Waals surface area contributed by atoms with Gasteiger partial charge in [0.15, 0.2) is 6.61 Å². The number of nitrogens with one attached hydrogen (secondary N) is 1. The highest BCUT2D eigenvalue weighted by Crippen LogP contribution is 2.32. The third-order valence-corrected chi connectivity index (χ3v) is 6.71. The summed E-state index contributed by atoms with van der Waals surface area (Å²) >= 11 is 6.95. The molecule has 1 saturated heterocycles. The summed E-state index contributed by atoms with van der Waals surface area (Å²) in [5.41, 5.74) is 3.58. The SMILES string of the molecule is Cc1ccc(NC(=O)COc2ccc(/C=C3\SC(=O)N(CCOc4ccccc4Cl)C3=O)cc2)c(C)c1. The quantitative estimate of drug-likeness (QED) is 0.333. The number of aryl methyl sites for hydroxylation is 2. The van der Waals surface area contributed by atoms with E-state index in [1.807, 2.05) is 32.0 Å². The van der Waals surface area contributed by atoms with Crippen LogP contribution < -0.4 is 14.8 Å². The lowest BCUT2D eigenvalue weighted by atomic mass is 10.1. The van der Waals surface area contributed by atoms with Crippen molar-refractivity contribution < 1.29 is 23.9 Å². The van der Waals surface area contributed by atoms with Gasteiger partial charge in [-0.15, -0.1) is 0 Å². The van der Waals surface area contributed by atoms with Gasteiger partial charge in [0.2, 0.25) is 0 Å². The van der Waals surface area contributed by atoms with E-state index in [9.17, 15) is 14.4 Å². The molecule has 1 fully saturated rings. The third-order valence-electron chi connectivity index (χ3n) is 5.49. The lowest BCUT2D eigenvalue weighted by Gasteiger charge is -2.13. The largest absolute Gasteiger partial charge is 0.490 e. The van der Waals surface area contributed by atoms with Gasteiger partial charge in [0.05, 0.1) is 16.5 Å². The molecule has 4 rings (SSSR count). The molecule has 9 heteroatoms. The summed E-state index contributed by atoms with van der Waals surface area (Å²) in [6, 6.07) is 19.7. The number of benzene rings is 3. The monoisotopic (exact) mass is 536 g/mol. The summed E-state index contributed by atoms with van der Waals surface area (Å²) in [5, 5.41) is 2.95. The second-order valence-corrected chi connectivity index (χ2v) is 9.74. The predicted octanol–water partition coefficient (Wildman–Crippen LogP) is 6.09. The van der Waals surface area contributed by atoms with E-state index in [1.54, 1.807) is 54.6 Å². The first-order valence-electron chi connectivity index (χ1n) is 11.5. The number of halogens is 1. The van der Waals surface area contributed by atoms with E-state index in [-0.39, 0.29) is 36.8 Å². The fourth-order valence-electron chi connectivity index (χ4n) is 3.60. The number of hydrogen-bond donors (Lipinski definition) is 1. The van der Waals surface area contributed by atoms with Crippen molar-refractivity contribution in [2.45, 2.75) is 13.8 Å². The number of carbonyl (C=O) groups excluding carboxylic acids is 3. The highest BCUT2D eigenvalue weighted by molar-refractivity contribution is 8.18. The standard InChI is InChI=1S/C28H25ClN2O5S/c1-18-7-12-23(19(2)15-18)30-26(32)17-36-21-10-8-20(9-11-21)16-25-27(33)31(28(34)37-25)13-14-35-24-6-4-3-5-22(24)29/h3-12,15-16H,13-14,17H2,1-2H3,(H,30,32)/b25-16-. The lowest BCUT2D eigenvalue weighted by molar-refractivity contribution is -0.123. The van der Waals surface area contributed by atoms with Crippen molar-refractivity contribution >= 4 is 52.2 Å². The van der Waals surface area contributed by atoms with Crippen LogP contribution in [0, 0.1) is 13.8 Å². The number of para-hydroxylation sites is 1. The fourth-order valence-corrected chi connectivity index (χ4v) is 4.66. The molecule has 1 N–H and O–H groups in total. The van der Waals surface area contributed by atoms with Crippen molar-refractivity contribution in [2.24, 2.45) is 0 Å². The Morgan fingerprint density at radius 2 is 1.78 bits per heavy atom. The lowest BCUT2D eigenvalue weighted by Crippen LogP contribution is -2.32. The minimum atomic E-state index is -0.374. The topological polar surface area (TPSA) is 84.9 Å². The average Bonchev–Trinajstić information content (AvgIpc) is 3.13. The van der Waals surface area contributed by atoms with Crippen LogP contribution in [0.3, 0.4) is 0 Å². The smallest absolute Gasteiger partial charge is 0.293 e. The zero-order valence-electron chi connectivity index (χ0n) is 20.3. The van der Waals surface area contributed by atoms with Crippen molar-refractivity contribution in [1.82, 2.24) is 4.90 Å². The summed E-state index contributed by atoms with van der Waals surface area (Å²) in [7, 11) is 0. The maximum absolute atomic E-state index is 12.7. The summed E-state index contributed by atoms with van der Waals surface area (Å²) < 4.78 is 11.2. The van der Waals surface area contributed by atoms with Crippen molar-refractivity contribution in [2.75, 3.05) is 25.1 Å². The zero-order valence-corrected chi connectivity index (χ0v) is 21.9. The first kappa shape index (κ1) is 26.3. The number of hydrogen-bond acceptors (Lipinski definition) is 6. The molecular formula is C28H25ClN2O5S. The summed E-state index contributed by atoms with van der Waals surface area (Å²) in [6.07, 6.45) is 1.65. The molecule has 0 spiro atoms. The molecule has 1 heterocycles. The third kappa shape index (κ3) is 6.93. The van der Waals surface area contributed by atoms with Gasteiger partial charge in [-0.1, -0.05) is 53.6 Å². The van der Waals surface area contributed by atoms with Gasteiger partial charge in [-0.2, -0.15) is 0 Å². The number of amides is 3. The number of thioether (sulfide) groups is 1. The van der Waals surface area contributed by atoms with Crippen molar-refractivity contribution in [3.8, 4) is 11.5 Å². The summed E-state index contributed by atoms with van der Waals surface area (Å²) in [4.78, 5) is 38.8. The van der Waals surface area contributed by atoms with Gasteiger partial charge >= 0.3 is 0 Å². The normalized spacial score (nSPS) is 14.2. The second kappa shape index (κ2) is 12.0. The van der Waals surface area contributed by atoms with Crippen LogP contribution in [0.25, 0.3) is 6.08 Å². The Morgan fingerprint density at radius 3 is 2.51 bits per heavy atom. The molecule has 0 radical (unpaired) electrons. The minimum absolute atomic E-state index is 0.115. The van der Waals surface area contributed by atoms with Crippen LogP contribution in [0.1, 0.15) is 16.7 Å². The molecule has 0 unspecified atom stereocenters. The number of imide groups is 1. The number of anilines is 1. The average molecular weight is 537 g/mol. The van der Waals surface area contributed by atoms with Crippen molar-refractivity contribution in [1.29, 1.82) is 0 Å². The molecule has 190 valence electrons. The van der Waals surface area contributed by atoms with Crippen LogP contribution in [0.4, 0.5) is 10.5 Å². The maximum atomic E-state index is 12.7. The Morgan fingerprint density at radius 1 is 1.03 bits per heavy atom. The van der Waals surface area contributed by atoms with E-state index in [4.69, 9.17) is 21.1 Å². The van der Waals surface area contributed by atoms with Gasteiger partial charge < -0.3 is 14.8 Å². The van der Waals surface area contributed by atoms with Crippen LogP contribution in [-0.4, -0.2) is 41.7 Å². The van der Waals surface area contributed by atoms with Gasteiger partial charge in [0.1, 0.15) is 18.1 Å². The molecule has 1 aliphatic rings.